The van der Waals surface area contributed by atoms with Crippen molar-refractivity contribution in [1.82, 2.24) is 19.8 Å². The second kappa shape index (κ2) is 13.4. The van der Waals surface area contributed by atoms with Crippen molar-refractivity contribution in [2.75, 3.05) is 76.4 Å². The van der Waals surface area contributed by atoms with Gasteiger partial charge in [-0.3, -0.25) is 4.79 Å². The third-order valence-corrected chi connectivity index (χ3v) is 8.70. The number of anilines is 2. The van der Waals surface area contributed by atoms with Crippen molar-refractivity contribution in [3.63, 3.8) is 0 Å². The van der Waals surface area contributed by atoms with Crippen molar-refractivity contribution < 1.29 is 23.0 Å². The number of carbonyl (C=O) groups is 1. The van der Waals surface area contributed by atoms with Gasteiger partial charge in [0.15, 0.2) is 5.83 Å². The van der Waals surface area contributed by atoms with Gasteiger partial charge in [-0.05, 0) is 51.9 Å². The van der Waals surface area contributed by atoms with Crippen molar-refractivity contribution in [3.8, 4) is 12.1 Å². The predicted molar refractivity (Wildman–Crippen MR) is 163 cm³/mol. The molecule has 236 valence electrons. The molecule has 0 aliphatic carbocycles. The molecule has 3 aliphatic heterocycles. The number of nitriles is 1. The second-order valence-corrected chi connectivity index (χ2v) is 12.4. The molecule has 0 spiro atoms. The van der Waals surface area contributed by atoms with E-state index >= 15 is 4.39 Å². The molecule has 0 N–H and O–H groups in total. The molecule has 4 heterocycles. The minimum absolute atomic E-state index is 0.0412. The van der Waals surface area contributed by atoms with E-state index in [1.165, 1.54) is 11.0 Å². The van der Waals surface area contributed by atoms with Crippen LogP contribution < -0.4 is 14.5 Å². The van der Waals surface area contributed by atoms with Crippen LogP contribution in [0.3, 0.4) is 0 Å². The number of aryl methyl sites for hydroxylation is 1. The second-order valence-electron chi connectivity index (χ2n) is 12.4. The number of para-hydroxylation sites is 1. The number of nitrogens with zero attached hydrogens (tertiary/aromatic N) is 7. The molecule has 1 unspecified atom stereocenters. The average Bonchev–Trinajstić information content (AvgIpc) is 3.33. The maximum atomic E-state index is 15.1. The van der Waals surface area contributed by atoms with Gasteiger partial charge < -0.3 is 29.1 Å². The van der Waals surface area contributed by atoms with Crippen molar-refractivity contribution in [1.29, 1.82) is 5.26 Å². The Bertz CT molecular complexity index is 1400. The molecule has 3 aliphatic rings. The first-order valence-electron chi connectivity index (χ1n) is 15.1. The standard InChI is InChI=1S/C32H41F2N7O3/c1-22-7-5-9-26(34)28(22)39-13-6-8-25-27(18-39)36-31(44-21-32(19-38(3)4)11-16-43-20-32)37-29(25)40-14-15-41(30(42)23(2)33)24(17-40)10-12-35/h5,7,9,24H,2,6,8,10-11,13-21H2,1,3-4H3/t24-,32?/m0/s1. The Hall–Kier alpha value is -3.82. The van der Waals surface area contributed by atoms with Gasteiger partial charge in [-0.2, -0.15) is 15.2 Å². The van der Waals surface area contributed by atoms with E-state index in [1.54, 1.807) is 6.07 Å². The van der Waals surface area contributed by atoms with E-state index < -0.39 is 17.8 Å². The number of aromatic nitrogens is 2. The van der Waals surface area contributed by atoms with Gasteiger partial charge in [-0.1, -0.05) is 18.7 Å². The van der Waals surface area contributed by atoms with E-state index in [9.17, 15) is 14.4 Å². The van der Waals surface area contributed by atoms with Gasteiger partial charge in [-0.15, -0.1) is 0 Å². The van der Waals surface area contributed by atoms with Gasteiger partial charge in [0.05, 0.1) is 43.1 Å². The number of ether oxygens (including phenoxy) is 2. The number of carbonyl (C=O) groups excluding carboxylic acids is 1. The Labute approximate surface area is 257 Å². The summed E-state index contributed by atoms with van der Waals surface area (Å²) in [4.78, 5) is 29.9. The zero-order valence-electron chi connectivity index (χ0n) is 25.8. The fourth-order valence-electron chi connectivity index (χ4n) is 6.70. The maximum absolute atomic E-state index is 15.1. The molecular weight excluding hydrogens is 568 g/mol. The number of hydrogen-bond acceptors (Lipinski definition) is 9. The first kappa shape index (κ1) is 31.6. The van der Waals surface area contributed by atoms with Crippen LogP contribution in [0.4, 0.5) is 20.3 Å². The van der Waals surface area contributed by atoms with Gasteiger partial charge in [0, 0.05) is 50.3 Å². The lowest BCUT2D eigenvalue weighted by molar-refractivity contribution is -0.131. The molecule has 0 bridgehead atoms. The molecule has 1 aromatic heterocycles. The number of hydrogen-bond donors (Lipinski definition) is 0. The largest absolute Gasteiger partial charge is 0.463 e. The van der Waals surface area contributed by atoms with E-state index in [2.05, 4.69) is 17.5 Å². The lowest BCUT2D eigenvalue weighted by Crippen LogP contribution is -2.55. The maximum Gasteiger partial charge on any atom is 0.318 e. The van der Waals surface area contributed by atoms with Crippen molar-refractivity contribution >= 4 is 17.4 Å². The average molecular weight is 610 g/mol. The summed E-state index contributed by atoms with van der Waals surface area (Å²) in [5.74, 6) is -1.44. The zero-order chi connectivity index (χ0) is 31.4. The summed E-state index contributed by atoms with van der Waals surface area (Å²) < 4.78 is 41.0. The minimum Gasteiger partial charge on any atom is -0.463 e. The summed E-state index contributed by atoms with van der Waals surface area (Å²) in [5.41, 5.74) is 2.90. The van der Waals surface area contributed by atoms with Crippen LogP contribution in [0.15, 0.2) is 30.6 Å². The molecule has 44 heavy (non-hydrogen) atoms. The van der Waals surface area contributed by atoms with Crippen LogP contribution in [0.5, 0.6) is 6.01 Å². The fourth-order valence-corrected chi connectivity index (χ4v) is 6.70. The number of fused-ring (bicyclic) bond motifs is 1. The van der Waals surface area contributed by atoms with Gasteiger partial charge in [0.1, 0.15) is 18.2 Å². The molecule has 5 rings (SSSR count). The topological polar surface area (TPSA) is 98.1 Å². The summed E-state index contributed by atoms with van der Waals surface area (Å²) in [7, 11) is 4.05. The lowest BCUT2D eigenvalue weighted by Gasteiger charge is -2.41. The smallest absolute Gasteiger partial charge is 0.318 e. The molecule has 1 aromatic carbocycles. The molecule has 12 heteroatoms. The van der Waals surface area contributed by atoms with E-state index in [-0.39, 0.29) is 30.2 Å². The zero-order valence-corrected chi connectivity index (χ0v) is 25.8. The highest BCUT2D eigenvalue weighted by atomic mass is 19.1. The SMILES string of the molecule is C=C(F)C(=O)N1CCN(c2nc(OCC3(CN(C)C)CCOC3)nc3c2CCCN(c2c(C)cccc2F)C3)C[C@@H]1CC#N. The van der Waals surface area contributed by atoms with Crippen LogP contribution in [0.2, 0.25) is 0 Å². The Morgan fingerprint density at radius 2 is 2.09 bits per heavy atom. The number of amides is 1. The lowest BCUT2D eigenvalue weighted by atomic mass is 9.88. The molecule has 0 radical (unpaired) electrons. The predicted octanol–water partition coefficient (Wildman–Crippen LogP) is 3.64. The first-order valence-corrected chi connectivity index (χ1v) is 15.1. The van der Waals surface area contributed by atoms with Crippen LogP contribution in [0.25, 0.3) is 0 Å². The summed E-state index contributed by atoms with van der Waals surface area (Å²) in [6.07, 6.45) is 2.31. The molecule has 10 nitrogen and oxygen atoms in total. The van der Waals surface area contributed by atoms with Crippen LogP contribution in [-0.4, -0.2) is 98.4 Å². The minimum atomic E-state index is -1.04. The van der Waals surface area contributed by atoms with E-state index in [0.717, 1.165) is 36.2 Å². The highest BCUT2D eigenvalue weighted by Gasteiger charge is 2.38. The Morgan fingerprint density at radius 1 is 1.27 bits per heavy atom. The number of benzene rings is 1. The summed E-state index contributed by atoms with van der Waals surface area (Å²) in [6, 6.07) is 6.91. The molecule has 2 aromatic rings. The third kappa shape index (κ3) is 6.79. The molecule has 2 saturated heterocycles. The van der Waals surface area contributed by atoms with Crippen molar-refractivity contribution in [3.05, 3.63) is 53.2 Å². The van der Waals surface area contributed by atoms with Crippen LogP contribution >= 0.6 is 0 Å². The van der Waals surface area contributed by atoms with Crippen LogP contribution in [-0.2, 0) is 22.5 Å². The number of piperazine rings is 1. The number of halogens is 2. The third-order valence-electron chi connectivity index (χ3n) is 8.70. The van der Waals surface area contributed by atoms with Crippen molar-refractivity contribution in [2.24, 2.45) is 5.41 Å². The Kier molecular flexibility index (Phi) is 9.65. The normalized spacial score (nSPS) is 22.0. The monoisotopic (exact) mass is 609 g/mol. The van der Waals surface area contributed by atoms with E-state index in [4.69, 9.17) is 19.4 Å². The molecule has 2 atom stereocenters. The van der Waals surface area contributed by atoms with Gasteiger partial charge in [-0.25, -0.2) is 8.78 Å². The molecule has 0 saturated carbocycles. The van der Waals surface area contributed by atoms with Crippen LogP contribution in [0, 0.1) is 29.5 Å². The van der Waals surface area contributed by atoms with Crippen LogP contribution in [0.1, 0.15) is 36.1 Å². The molecular formula is C32H41F2N7O3. The van der Waals surface area contributed by atoms with Crippen molar-refractivity contribution in [2.45, 2.75) is 45.2 Å². The highest BCUT2D eigenvalue weighted by molar-refractivity contribution is 5.91. The van der Waals surface area contributed by atoms with Gasteiger partial charge >= 0.3 is 6.01 Å². The summed E-state index contributed by atoms with van der Waals surface area (Å²) >= 11 is 0. The highest BCUT2D eigenvalue weighted by Crippen LogP contribution is 2.35. The van der Waals surface area contributed by atoms with E-state index in [1.807, 2.05) is 36.9 Å². The quantitative estimate of drug-likeness (QED) is 0.395. The fraction of sp³-hybridized carbons (Fsp3) is 0.562. The Morgan fingerprint density at radius 3 is 2.77 bits per heavy atom. The summed E-state index contributed by atoms with van der Waals surface area (Å²) in [5, 5.41) is 9.51. The van der Waals surface area contributed by atoms with Gasteiger partial charge in [0.2, 0.25) is 0 Å². The Balaban J connectivity index is 1.51. The van der Waals surface area contributed by atoms with Gasteiger partial charge in [0.25, 0.3) is 5.91 Å². The number of rotatable bonds is 9. The first-order chi connectivity index (χ1) is 21.1. The van der Waals surface area contributed by atoms with E-state index in [0.29, 0.717) is 63.9 Å². The molecule has 2 fully saturated rings. The molecule has 1 amide bonds. The summed E-state index contributed by atoms with van der Waals surface area (Å²) in [6.45, 7) is 9.38.